The van der Waals surface area contributed by atoms with E-state index in [0.717, 1.165) is 44.6 Å². The molecule has 4 nitrogen and oxygen atoms in total. The molecular formula is C21H29NO3. The van der Waals surface area contributed by atoms with Gasteiger partial charge >= 0.3 is 0 Å². The first kappa shape index (κ1) is 18.0. The molecule has 1 fully saturated rings. The molecule has 136 valence electrons. The standard InChI is InChI=1S/C21H29NO3/c1-2-25-19-9-7-18(8-10-19)21(11-13-24-14-12-21)16-22-20(23)15-17-5-3-4-6-17/h3,5,7-10,17H,2,4,6,11-16H2,1H3,(H,22,23)/t17-/m0/s1. The maximum absolute atomic E-state index is 12.4. The van der Waals surface area contributed by atoms with Crippen LogP contribution in [0.5, 0.6) is 5.75 Å². The van der Waals surface area contributed by atoms with Crippen LogP contribution in [0, 0.1) is 5.92 Å². The van der Waals surface area contributed by atoms with Crippen LogP contribution in [0.15, 0.2) is 36.4 Å². The van der Waals surface area contributed by atoms with Gasteiger partial charge in [-0.3, -0.25) is 4.79 Å². The Hall–Kier alpha value is -1.81. The van der Waals surface area contributed by atoms with Gasteiger partial charge in [-0.2, -0.15) is 0 Å². The van der Waals surface area contributed by atoms with Crippen molar-refractivity contribution >= 4 is 5.91 Å². The number of amides is 1. The highest BCUT2D eigenvalue weighted by Gasteiger charge is 2.35. The molecule has 0 spiro atoms. The van der Waals surface area contributed by atoms with E-state index in [1.165, 1.54) is 5.56 Å². The zero-order chi connectivity index (χ0) is 17.5. The summed E-state index contributed by atoms with van der Waals surface area (Å²) in [7, 11) is 0. The summed E-state index contributed by atoms with van der Waals surface area (Å²) in [5.41, 5.74) is 1.23. The van der Waals surface area contributed by atoms with E-state index in [1.54, 1.807) is 0 Å². The molecule has 0 unspecified atom stereocenters. The van der Waals surface area contributed by atoms with Crippen molar-refractivity contribution in [2.75, 3.05) is 26.4 Å². The van der Waals surface area contributed by atoms with Crippen LogP contribution >= 0.6 is 0 Å². The summed E-state index contributed by atoms with van der Waals surface area (Å²) in [6.45, 7) is 4.83. The number of allylic oxidation sites excluding steroid dienone is 2. The topological polar surface area (TPSA) is 47.6 Å². The van der Waals surface area contributed by atoms with Crippen molar-refractivity contribution < 1.29 is 14.3 Å². The summed E-state index contributed by atoms with van der Waals surface area (Å²) in [6.07, 6.45) is 9.03. The van der Waals surface area contributed by atoms with E-state index < -0.39 is 0 Å². The zero-order valence-electron chi connectivity index (χ0n) is 15.1. The summed E-state index contributed by atoms with van der Waals surface area (Å²) in [6, 6.07) is 8.34. The third-order valence-electron chi connectivity index (χ3n) is 5.41. The molecule has 2 aliphatic rings. The van der Waals surface area contributed by atoms with Gasteiger partial charge in [0.15, 0.2) is 0 Å². The van der Waals surface area contributed by atoms with Crippen LogP contribution in [0.2, 0.25) is 0 Å². The molecule has 1 atom stereocenters. The van der Waals surface area contributed by atoms with Gasteiger partial charge in [0.05, 0.1) is 6.61 Å². The van der Waals surface area contributed by atoms with Gasteiger partial charge in [0.25, 0.3) is 0 Å². The highest BCUT2D eigenvalue weighted by Crippen LogP contribution is 2.35. The molecule has 0 aromatic heterocycles. The third-order valence-corrected chi connectivity index (χ3v) is 5.41. The minimum Gasteiger partial charge on any atom is -0.494 e. The second-order valence-corrected chi connectivity index (χ2v) is 7.10. The molecule has 1 heterocycles. The maximum atomic E-state index is 12.4. The van der Waals surface area contributed by atoms with E-state index in [1.807, 2.05) is 19.1 Å². The number of carbonyl (C=O) groups excluding carboxylic acids is 1. The summed E-state index contributed by atoms with van der Waals surface area (Å²) < 4.78 is 11.1. The fourth-order valence-electron chi connectivity index (χ4n) is 3.84. The van der Waals surface area contributed by atoms with Gasteiger partial charge < -0.3 is 14.8 Å². The minimum absolute atomic E-state index is 0.0375. The average molecular weight is 343 g/mol. The largest absolute Gasteiger partial charge is 0.494 e. The van der Waals surface area contributed by atoms with E-state index >= 15 is 0 Å². The van der Waals surface area contributed by atoms with Gasteiger partial charge in [0.1, 0.15) is 5.75 Å². The molecule has 0 bridgehead atoms. The van der Waals surface area contributed by atoms with E-state index in [-0.39, 0.29) is 11.3 Å². The van der Waals surface area contributed by atoms with Gasteiger partial charge in [0, 0.05) is 31.6 Å². The Balaban J connectivity index is 1.65. The number of hydrogen-bond donors (Lipinski definition) is 1. The van der Waals surface area contributed by atoms with Crippen LogP contribution < -0.4 is 10.1 Å². The van der Waals surface area contributed by atoms with Gasteiger partial charge in [-0.05, 0) is 56.2 Å². The fourth-order valence-corrected chi connectivity index (χ4v) is 3.84. The Morgan fingerprint density at radius 1 is 1.28 bits per heavy atom. The van der Waals surface area contributed by atoms with Crippen molar-refractivity contribution in [1.29, 1.82) is 0 Å². The summed E-state index contributed by atoms with van der Waals surface area (Å²) in [4.78, 5) is 12.4. The molecule has 3 rings (SSSR count). The van der Waals surface area contributed by atoms with Crippen LogP contribution in [0.1, 0.15) is 44.6 Å². The molecule has 1 aromatic carbocycles. The number of ether oxygens (including phenoxy) is 2. The second-order valence-electron chi connectivity index (χ2n) is 7.10. The molecule has 1 amide bonds. The Kier molecular flexibility index (Phi) is 6.14. The third kappa shape index (κ3) is 4.63. The predicted molar refractivity (Wildman–Crippen MR) is 98.8 cm³/mol. The second kappa shape index (κ2) is 8.52. The first-order valence-corrected chi connectivity index (χ1v) is 9.46. The van der Waals surface area contributed by atoms with Crippen LogP contribution in [-0.4, -0.2) is 32.3 Å². The zero-order valence-corrected chi connectivity index (χ0v) is 15.1. The molecule has 1 saturated heterocycles. The lowest BCUT2D eigenvalue weighted by Gasteiger charge is -2.38. The van der Waals surface area contributed by atoms with Crippen LogP contribution in [0.3, 0.4) is 0 Å². The number of carbonyl (C=O) groups is 1. The summed E-state index contributed by atoms with van der Waals surface area (Å²) in [5, 5.41) is 3.20. The Morgan fingerprint density at radius 3 is 2.68 bits per heavy atom. The SMILES string of the molecule is CCOc1ccc(C2(CNC(=O)C[C@H]3C=CCC3)CCOCC2)cc1. The molecule has 1 aliphatic heterocycles. The Labute approximate surface area is 150 Å². The maximum Gasteiger partial charge on any atom is 0.220 e. The van der Waals surface area contributed by atoms with Crippen molar-refractivity contribution in [3.63, 3.8) is 0 Å². The van der Waals surface area contributed by atoms with Crippen molar-refractivity contribution in [2.45, 2.75) is 44.4 Å². The molecule has 4 heteroatoms. The van der Waals surface area contributed by atoms with Crippen LogP contribution in [0.25, 0.3) is 0 Å². The molecule has 1 N–H and O–H groups in total. The number of nitrogens with one attached hydrogen (secondary N) is 1. The summed E-state index contributed by atoms with van der Waals surface area (Å²) in [5.74, 6) is 1.47. The molecule has 1 aliphatic carbocycles. The minimum atomic E-state index is -0.0375. The van der Waals surface area contributed by atoms with Crippen molar-refractivity contribution in [3.8, 4) is 5.75 Å². The molecule has 0 saturated carbocycles. The lowest BCUT2D eigenvalue weighted by atomic mass is 9.74. The highest BCUT2D eigenvalue weighted by molar-refractivity contribution is 5.76. The van der Waals surface area contributed by atoms with Crippen LogP contribution in [-0.2, 0) is 14.9 Å². The molecule has 1 aromatic rings. The van der Waals surface area contributed by atoms with E-state index in [9.17, 15) is 4.79 Å². The first-order valence-electron chi connectivity index (χ1n) is 9.46. The number of benzene rings is 1. The quantitative estimate of drug-likeness (QED) is 0.770. The molecular weight excluding hydrogens is 314 g/mol. The number of hydrogen-bond acceptors (Lipinski definition) is 3. The predicted octanol–water partition coefficient (Wildman–Crippen LogP) is 3.61. The Bertz CT molecular complexity index is 588. The van der Waals surface area contributed by atoms with Crippen molar-refractivity contribution in [1.82, 2.24) is 5.32 Å². The molecule has 25 heavy (non-hydrogen) atoms. The lowest BCUT2D eigenvalue weighted by Crippen LogP contribution is -2.44. The highest BCUT2D eigenvalue weighted by atomic mass is 16.5. The fraction of sp³-hybridized carbons (Fsp3) is 0.571. The average Bonchev–Trinajstić information content (AvgIpc) is 3.15. The van der Waals surface area contributed by atoms with E-state index in [0.29, 0.717) is 25.5 Å². The van der Waals surface area contributed by atoms with Gasteiger partial charge in [-0.1, -0.05) is 24.3 Å². The smallest absolute Gasteiger partial charge is 0.220 e. The lowest BCUT2D eigenvalue weighted by molar-refractivity contribution is -0.122. The first-order chi connectivity index (χ1) is 12.2. The normalized spacial score (nSPS) is 21.9. The van der Waals surface area contributed by atoms with Crippen molar-refractivity contribution in [3.05, 3.63) is 42.0 Å². The van der Waals surface area contributed by atoms with Gasteiger partial charge in [0.2, 0.25) is 5.91 Å². The van der Waals surface area contributed by atoms with Crippen molar-refractivity contribution in [2.24, 2.45) is 5.92 Å². The van der Waals surface area contributed by atoms with Gasteiger partial charge in [-0.25, -0.2) is 0 Å². The van der Waals surface area contributed by atoms with Gasteiger partial charge in [-0.15, -0.1) is 0 Å². The Morgan fingerprint density at radius 2 is 2.04 bits per heavy atom. The molecule has 0 radical (unpaired) electrons. The van der Waals surface area contributed by atoms with Crippen LogP contribution in [0.4, 0.5) is 0 Å². The monoisotopic (exact) mass is 343 g/mol. The summed E-state index contributed by atoms with van der Waals surface area (Å²) >= 11 is 0. The van der Waals surface area contributed by atoms with E-state index in [2.05, 4.69) is 29.6 Å². The number of rotatable bonds is 7. The van der Waals surface area contributed by atoms with E-state index in [4.69, 9.17) is 9.47 Å².